The maximum atomic E-state index is 11.5. The first kappa shape index (κ1) is 14.8. The number of carbonyl (C=O) groups excluding carboxylic acids is 1. The summed E-state index contributed by atoms with van der Waals surface area (Å²) >= 11 is 11.9. The Morgan fingerprint density at radius 2 is 2.00 bits per heavy atom. The number of benzene rings is 1. The minimum Gasteiger partial charge on any atom is -0.480 e. The molecule has 0 spiro atoms. The summed E-state index contributed by atoms with van der Waals surface area (Å²) in [5, 5.41) is 11.5. The van der Waals surface area contributed by atoms with Crippen molar-refractivity contribution in [1.82, 2.24) is 0 Å². The summed E-state index contributed by atoms with van der Waals surface area (Å²) in [7, 11) is 0. The molecule has 1 aromatic carbocycles. The number of hydrogen-bond acceptors (Lipinski definition) is 3. The summed E-state index contributed by atoms with van der Waals surface area (Å²) in [6.45, 7) is 0.852. The summed E-state index contributed by atoms with van der Waals surface area (Å²) in [5.41, 5.74) is 1.06. The van der Waals surface area contributed by atoms with E-state index in [4.69, 9.17) is 28.3 Å². The van der Waals surface area contributed by atoms with Crippen LogP contribution in [0.5, 0.6) is 0 Å². The monoisotopic (exact) mass is 291 g/mol. The van der Waals surface area contributed by atoms with Crippen molar-refractivity contribution in [2.24, 2.45) is 0 Å². The number of amides is 1. The fourth-order valence-electron chi connectivity index (χ4n) is 1.18. The summed E-state index contributed by atoms with van der Waals surface area (Å²) < 4.78 is 4.64. The van der Waals surface area contributed by atoms with Gasteiger partial charge in [-0.25, -0.2) is 4.79 Å². The zero-order chi connectivity index (χ0) is 13.7. The molecular weight excluding hydrogens is 281 g/mol. The summed E-state index contributed by atoms with van der Waals surface area (Å²) in [5.74, 6) is -1.67. The molecule has 18 heavy (non-hydrogen) atoms. The smallest absolute Gasteiger partial charge is 0.329 e. The molecule has 1 aromatic rings. The number of aryl methyl sites for hydroxylation is 1. The van der Waals surface area contributed by atoms with E-state index in [9.17, 15) is 9.59 Å². The van der Waals surface area contributed by atoms with Crippen molar-refractivity contribution in [2.75, 3.05) is 18.5 Å². The number of aliphatic carboxylic acids is 1. The molecule has 0 saturated carbocycles. The molecule has 0 aromatic heterocycles. The first-order valence-electron chi connectivity index (χ1n) is 4.95. The molecule has 2 N–H and O–H groups in total. The third-order valence-electron chi connectivity index (χ3n) is 2.01. The van der Waals surface area contributed by atoms with E-state index >= 15 is 0 Å². The molecule has 0 aliphatic heterocycles. The first-order chi connectivity index (χ1) is 8.41. The van der Waals surface area contributed by atoms with Gasteiger partial charge in [0.15, 0.2) is 0 Å². The van der Waals surface area contributed by atoms with Crippen LogP contribution < -0.4 is 5.32 Å². The van der Waals surface area contributed by atoms with Gasteiger partial charge in [-0.3, -0.25) is 4.79 Å². The Morgan fingerprint density at radius 1 is 1.33 bits per heavy atom. The van der Waals surface area contributed by atoms with Crippen LogP contribution in [0, 0.1) is 6.92 Å². The number of nitrogens with one attached hydrogen (secondary N) is 1. The van der Waals surface area contributed by atoms with E-state index < -0.39 is 18.5 Å². The van der Waals surface area contributed by atoms with E-state index in [1.54, 1.807) is 19.1 Å². The van der Waals surface area contributed by atoms with Gasteiger partial charge in [0.05, 0.1) is 15.7 Å². The van der Waals surface area contributed by atoms with Gasteiger partial charge in [-0.1, -0.05) is 29.3 Å². The Bertz CT molecular complexity index is 476. The predicted molar refractivity (Wildman–Crippen MR) is 68.3 cm³/mol. The maximum absolute atomic E-state index is 11.5. The maximum Gasteiger partial charge on any atom is 0.329 e. The third-order valence-corrected chi connectivity index (χ3v) is 2.81. The summed E-state index contributed by atoms with van der Waals surface area (Å²) in [4.78, 5) is 21.7. The topological polar surface area (TPSA) is 75.6 Å². The highest BCUT2D eigenvalue weighted by Gasteiger charge is 2.12. The Balaban J connectivity index is 2.65. The lowest BCUT2D eigenvalue weighted by molar-refractivity contribution is -0.143. The minimum atomic E-state index is -1.14. The summed E-state index contributed by atoms with van der Waals surface area (Å²) in [6.07, 6.45) is 0. The van der Waals surface area contributed by atoms with E-state index in [2.05, 4.69) is 10.1 Å². The van der Waals surface area contributed by atoms with Gasteiger partial charge in [0.25, 0.3) is 0 Å². The molecule has 1 rings (SSSR count). The van der Waals surface area contributed by atoms with Gasteiger partial charge >= 0.3 is 5.97 Å². The van der Waals surface area contributed by atoms with Crippen LogP contribution in [0.1, 0.15) is 5.56 Å². The van der Waals surface area contributed by atoms with E-state index in [0.29, 0.717) is 15.7 Å². The molecule has 0 atom stereocenters. The number of rotatable bonds is 5. The van der Waals surface area contributed by atoms with Gasteiger partial charge in [0, 0.05) is 0 Å². The van der Waals surface area contributed by atoms with Crippen LogP contribution in [0.4, 0.5) is 5.69 Å². The summed E-state index contributed by atoms with van der Waals surface area (Å²) in [6, 6.07) is 3.33. The molecular formula is C11H11Cl2NO4. The SMILES string of the molecule is Cc1ccc(Cl)c(NC(=O)COCC(=O)O)c1Cl. The van der Waals surface area contributed by atoms with Crippen molar-refractivity contribution in [1.29, 1.82) is 0 Å². The van der Waals surface area contributed by atoms with Crippen LogP contribution >= 0.6 is 23.2 Å². The molecule has 0 aliphatic carbocycles. The Morgan fingerprint density at radius 3 is 2.61 bits per heavy atom. The molecule has 0 saturated heterocycles. The van der Waals surface area contributed by atoms with Crippen LogP contribution in [0.3, 0.4) is 0 Å². The zero-order valence-corrected chi connectivity index (χ0v) is 11.0. The molecule has 1 amide bonds. The number of ether oxygens (including phenoxy) is 1. The second kappa shape index (κ2) is 6.58. The number of halogens is 2. The van der Waals surface area contributed by atoms with Crippen LogP contribution in [-0.2, 0) is 14.3 Å². The number of hydrogen-bond donors (Lipinski definition) is 2. The number of carboxylic acid groups (broad SMARTS) is 1. The molecule has 0 radical (unpaired) electrons. The fourth-order valence-corrected chi connectivity index (χ4v) is 1.64. The van der Waals surface area contributed by atoms with Crippen molar-refractivity contribution in [2.45, 2.75) is 6.92 Å². The van der Waals surface area contributed by atoms with E-state index in [-0.39, 0.29) is 6.61 Å². The second-order valence-electron chi connectivity index (χ2n) is 3.49. The van der Waals surface area contributed by atoms with E-state index in [0.717, 1.165) is 5.56 Å². The molecule has 0 fully saturated rings. The standard InChI is InChI=1S/C11H11Cl2NO4/c1-6-2-3-7(12)11(10(6)13)14-8(15)4-18-5-9(16)17/h2-3H,4-5H2,1H3,(H,14,15)(H,16,17). The van der Waals surface area contributed by atoms with E-state index in [1.165, 1.54) is 0 Å². The normalized spacial score (nSPS) is 10.2. The molecule has 0 bridgehead atoms. The molecule has 0 unspecified atom stereocenters. The second-order valence-corrected chi connectivity index (χ2v) is 4.27. The van der Waals surface area contributed by atoms with Crippen molar-refractivity contribution < 1.29 is 19.4 Å². The van der Waals surface area contributed by atoms with Crippen molar-refractivity contribution in [3.63, 3.8) is 0 Å². The van der Waals surface area contributed by atoms with Gasteiger partial charge in [0.1, 0.15) is 13.2 Å². The predicted octanol–water partition coefficient (Wildman–Crippen LogP) is 2.34. The Kier molecular flexibility index (Phi) is 5.40. The van der Waals surface area contributed by atoms with Crippen LogP contribution in [0.2, 0.25) is 10.0 Å². The van der Waals surface area contributed by atoms with Crippen LogP contribution in [0.15, 0.2) is 12.1 Å². The largest absolute Gasteiger partial charge is 0.480 e. The fraction of sp³-hybridized carbons (Fsp3) is 0.273. The minimum absolute atomic E-state index is 0.294. The van der Waals surface area contributed by atoms with Gasteiger partial charge in [-0.2, -0.15) is 0 Å². The Hall–Kier alpha value is -1.30. The van der Waals surface area contributed by atoms with Gasteiger partial charge < -0.3 is 15.2 Å². The lowest BCUT2D eigenvalue weighted by Gasteiger charge is -2.10. The average Bonchev–Trinajstić information content (AvgIpc) is 2.29. The molecule has 7 heteroatoms. The lowest BCUT2D eigenvalue weighted by atomic mass is 10.2. The Labute approximate surface area is 114 Å². The van der Waals surface area contributed by atoms with Crippen molar-refractivity contribution in [3.05, 3.63) is 27.7 Å². The molecule has 98 valence electrons. The zero-order valence-electron chi connectivity index (χ0n) is 9.50. The number of carboxylic acids is 1. The van der Waals surface area contributed by atoms with Crippen LogP contribution in [-0.4, -0.2) is 30.2 Å². The highest BCUT2D eigenvalue weighted by atomic mass is 35.5. The molecule has 5 nitrogen and oxygen atoms in total. The van der Waals surface area contributed by atoms with Crippen LogP contribution in [0.25, 0.3) is 0 Å². The lowest BCUT2D eigenvalue weighted by Crippen LogP contribution is -2.21. The molecule has 0 aliphatic rings. The van der Waals surface area contributed by atoms with E-state index in [1.807, 2.05) is 0 Å². The highest BCUT2D eigenvalue weighted by molar-refractivity contribution is 6.40. The van der Waals surface area contributed by atoms with Crippen molar-refractivity contribution in [3.8, 4) is 0 Å². The third kappa shape index (κ3) is 4.18. The number of carbonyl (C=O) groups is 2. The molecule has 0 heterocycles. The quantitative estimate of drug-likeness (QED) is 0.873. The van der Waals surface area contributed by atoms with Gasteiger partial charge in [-0.15, -0.1) is 0 Å². The average molecular weight is 292 g/mol. The van der Waals surface area contributed by atoms with Gasteiger partial charge in [0.2, 0.25) is 5.91 Å². The number of anilines is 1. The van der Waals surface area contributed by atoms with Gasteiger partial charge in [-0.05, 0) is 18.6 Å². The van der Waals surface area contributed by atoms with Crippen molar-refractivity contribution >= 4 is 40.8 Å². The first-order valence-corrected chi connectivity index (χ1v) is 5.71. The highest BCUT2D eigenvalue weighted by Crippen LogP contribution is 2.32.